The summed E-state index contributed by atoms with van der Waals surface area (Å²) in [6.07, 6.45) is 0. The van der Waals surface area contributed by atoms with E-state index in [1.807, 2.05) is 24.3 Å². The lowest BCUT2D eigenvalue weighted by Gasteiger charge is -2.30. The van der Waals surface area contributed by atoms with Gasteiger partial charge in [0.25, 0.3) is 0 Å². The molecule has 4 nitrogen and oxygen atoms in total. The number of halogens is 2. The van der Waals surface area contributed by atoms with E-state index in [4.69, 9.17) is 21.1 Å². The lowest BCUT2D eigenvalue weighted by Crippen LogP contribution is -2.39. The Hall–Kier alpha value is -2.27. The van der Waals surface area contributed by atoms with E-state index in [2.05, 4.69) is 0 Å². The lowest BCUT2D eigenvalue weighted by molar-refractivity contribution is -0.141. The number of nitrogens with zero attached hydrogens (tertiary/aromatic N) is 1. The van der Waals surface area contributed by atoms with Gasteiger partial charge in [0.15, 0.2) is 0 Å². The van der Waals surface area contributed by atoms with Crippen LogP contribution in [0.2, 0.25) is 5.02 Å². The Morgan fingerprint density at radius 1 is 1.25 bits per heavy atom. The molecule has 0 saturated carbocycles. The summed E-state index contributed by atoms with van der Waals surface area (Å²) < 4.78 is 23.5. The summed E-state index contributed by atoms with van der Waals surface area (Å²) in [6.45, 7) is 2.14. The molecule has 24 heavy (non-hydrogen) atoms. The summed E-state index contributed by atoms with van der Waals surface area (Å²) in [5.74, 6) is -0.180. The highest BCUT2D eigenvalue weighted by Gasteiger charge is 2.23. The molecule has 0 spiro atoms. The summed E-state index contributed by atoms with van der Waals surface area (Å²) in [7, 11) is 2.92. The van der Waals surface area contributed by atoms with Gasteiger partial charge in [0, 0.05) is 12.2 Å². The van der Waals surface area contributed by atoms with E-state index >= 15 is 0 Å². The minimum atomic E-state index is -0.567. The van der Waals surface area contributed by atoms with Gasteiger partial charge in [0.1, 0.15) is 17.6 Å². The molecular formula is C18H19ClFNO3. The van der Waals surface area contributed by atoms with Crippen LogP contribution >= 0.6 is 11.6 Å². The zero-order valence-corrected chi connectivity index (χ0v) is 14.5. The zero-order valence-electron chi connectivity index (χ0n) is 13.8. The van der Waals surface area contributed by atoms with E-state index in [0.29, 0.717) is 12.2 Å². The van der Waals surface area contributed by atoms with Crippen molar-refractivity contribution in [3.05, 3.63) is 58.9 Å². The molecule has 2 aromatic carbocycles. The van der Waals surface area contributed by atoms with Crippen molar-refractivity contribution in [3.8, 4) is 5.75 Å². The third-order valence-electron chi connectivity index (χ3n) is 3.73. The highest BCUT2D eigenvalue weighted by Crippen LogP contribution is 2.27. The van der Waals surface area contributed by atoms with Crippen LogP contribution in [-0.2, 0) is 16.1 Å². The molecule has 0 N–H and O–H groups in total. The number of carbonyl (C=O) groups is 1. The molecule has 0 bridgehead atoms. The normalized spacial score (nSPS) is 11.7. The van der Waals surface area contributed by atoms with Crippen molar-refractivity contribution in [2.45, 2.75) is 19.5 Å². The van der Waals surface area contributed by atoms with Gasteiger partial charge in [0.05, 0.1) is 19.2 Å². The molecule has 0 aliphatic rings. The number of hydrogen-bond acceptors (Lipinski definition) is 4. The molecule has 0 amide bonds. The fourth-order valence-corrected chi connectivity index (χ4v) is 2.56. The second-order valence-electron chi connectivity index (χ2n) is 5.28. The quantitative estimate of drug-likeness (QED) is 0.736. The van der Waals surface area contributed by atoms with Gasteiger partial charge in [-0.05, 0) is 42.8 Å². The van der Waals surface area contributed by atoms with E-state index in [0.717, 1.165) is 11.3 Å². The van der Waals surface area contributed by atoms with Gasteiger partial charge in [-0.3, -0.25) is 0 Å². The van der Waals surface area contributed by atoms with Gasteiger partial charge in [-0.25, -0.2) is 9.18 Å². The summed E-state index contributed by atoms with van der Waals surface area (Å²) in [6, 6.07) is 11.3. The van der Waals surface area contributed by atoms with Gasteiger partial charge in [0.2, 0.25) is 0 Å². The standard InChI is InChI=1S/C18H19ClFNO3/c1-12(18(22)24-3)21(14-7-8-17(20)16(19)10-14)11-13-5-4-6-15(9-13)23-2/h4-10,12H,11H2,1-3H3. The number of esters is 1. The number of rotatable bonds is 6. The van der Waals surface area contributed by atoms with E-state index < -0.39 is 17.8 Å². The van der Waals surface area contributed by atoms with Crippen molar-refractivity contribution >= 4 is 23.3 Å². The first-order valence-electron chi connectivity index (χ1n) is 7.38. The van der Waals surface area contributed by atoms with Crippen molar-refractivity contribution in [2.75, 3.05) is 19.1 Å². The first-order chi connectivity index (χ1) is 11.5. The van der Waals surface area contributed by atoms with E-state index in [9.17, 15) is 9.18 Å². The molecule has 2 aromatic rings. The monoisotopic (exact) mass is 351 g/mol. The van der Waals surface area contributed by atoms with Gasteiger partial charge >= 0.3 is 5.97 Å². The highest BCUT2D eigenvalue weighted by atomic mass is 35.5. The maximum atomic E-state index is 13.5. The number of benzene rings is 2. The Balaban J connectivity index is 2.38. The Morgan fingerprint density at radius 2 is 2.00 bits per heavy atom. The predicted molar refractivity (Wildman–Crippen MR) is 92.1 cm³/mol. The molecule has 1 atom stereocenters. The number of methoxy groups -OCH3 is 2. The average Bonchev–Trinajstić information content (AvgIpc) is 2.61. The molecule has 0 radical (unpaired) electrons. The molecular weight excluding hydrogens is 333 g/mol. The summed E-state index contributed by atoms with van der Waals surface area (Å²) >= 11 is 5.89. The van der Waals surface area contributed by atoms with Crippen molar-refractivity contribution < 1.29 is 18.7 Å². The molecule has 128 valence electrons. The number of hydrogen-bond donors (Lipinski definition) is 0. The van der Waals surface area contributed by atoms with Crippen LogP contribution in [0.1, 0.15) is 12.5 Å². The molecule has 0 saturated heterocycles. The highest BCUT2D eigenvalue weighted by molar-refractivity contribution is 6.31. The first kappa shape index (κ1) is 18.1. The van der Waals surface area contributed by atoms with Crippen LogP contribution in [0.15, 0.2) is 42.5 Å². The minimum absolute atomic E-state index is 0.000193. The van der Waals surface area contributed by atoms with Gasteiger partial charge in [-0.15, -0.1) is 0 Å². The zero-order chi connectivity index (χ0) is 17.7. The van der Waals surface area contributed by atoms with Gasteiger partial charge < -0.3 is 14.4 Å². The van der Waals surface area contributed by atoms with E-state index in [1.54, 1.807) is 25.0 Å². The molecule has 6 heteroatoms. The predicted octanol–water partition coefficient (Wildman–Crippen LogP) is 4.06. The molecule has 0 fully saturated rings. The van der Waals surface area contributed by atoms with E-state index in [-0.39, 0.29) is 5.02 Å². The topological polar surface area (TPSA) is 38.8 Å². The number of carbonyl (C=O) groups excluding carboxylic acids is 1. The van der Waals surface area contributed by atoms with Crippen LogP contribution in [0.4, 0.5) is 10.1 Å². The Labute approximate surface area is 145 Å². The summed E-state index contributed by atoms with van der Waals surface area (Å²) in [4.78, 5) is 13.8. The molecule has 0 heterocycles. The maximum absolute atomic E-state index is 13.5. The fraction of sp³-hybridized carbons (Fsp3) is 0.278. The Bertz CT molecular complexity index is 723. The minimum Gasteiger partial charge on any atom is -0.497 e. The van der Waals surface area contributed by atoms with Gasteiger partial charge in [-0.2, -0.15) is 0 Å². The fourth-order valence-electron chi connectivity index (χ4n) is 2.38. The van der Waals surface area contributed by atoms with Crippen LogP contribution in [0.5, 0.6) is 5.75 Å². The van der Waals surface area contributed by atoms with Crippen LogP contribution in [0.25, 0.3) is 0 Å². The molecule has 0 aliphatic heterocycles. The molecule has 0 aliphatic carbocycles. The Morgan fingerprint density at radius 3 is 2.62 bits per heavy atom. The summed E-state index contributed by atoms with van der Waals surface area (Å²) in [5, 5.41) is 0.000193. The van der Waals surface area contributed by atoms with Crippen molar-refractivity contribution in [3.63, 3.8) is 0 Å². The summed E-state index contributed by atoms with van der Waals surface area (Å²) in [5.41, 5.74) is 1.56. The molecule has 0 aromatic heterocycles. The Kier molecular flexibility index (Phi) is 6.04. The van der Waals surface area contributed by atoms with Crippen molar-refractivity contribution in [1.82, 2.24) is 0 Å². The maximum Gasteiger partial charge on any atom is 0.328 e. The van der Waals surface area contributed by atoms with Crippen molar-refractivity contribution in [2.24, 2.45) is 0 Å². The second-order valence-corrected chi connectivity index (χ2v) is 5.68. The number of anilines is 1. The average molecular weight is 352 g/mol. The van der Waals surface area contributed by atoms with Crippen LogP contribution in [0, 0.1) is 5.82 Å². The van der Waals surface area contributed by atoms with E-state index in [1.165, 1.54) is 19.2 Å². The smallest absolute Gasteiger partial charge is 0.328 e. The number of ether oxygens (including phenoxy) is 2. The van der Waals surface area contributed by atoms with Crippen LogP contribution in [0.3, 0.4) is 0 Å². The third kappa shape index (κ3) is 4.17. The first-order valence-corrected chi connectivity index (χ1v) is 7.76. The van der Waals surface area contributed by atoms with Gasteiger partial charge in [-0.1, -0.05) is 23.7 Å². The lowest BCUT2D eigenvalue weighted by atomic mass is 10.1. The molecule has 2 rings (SSSR count). The van der Waals surface area contributed by atoms with Crippen molar-refractivity contribution in [1.29, 1.82) is 0 Å². The second kappa shape index (κ2) is 8.02. The third-order valence-corrected chi connectivity index (χ3v) is 4.02. The molecule has 1 unspecified atom stereocenters. The van der Waals surface area contributed by atoms with Crippen LogP contribution in [-0.4, -0.2) is 26.2 Å². The SMILES string of the molecule is COC(=O)C(C)N(Cc1cccc(OC)c1)c1ccc(F)c(Cl)c1. The van der Waals surface area contributed by atoms with Crippen LogP contribution < -0.4 is 9.64 Å². The largest absolute Gasteiger partial charge is 0.497 e.